The number of carbonyl (C=O) groups excluding carboxylic acids is 2. The lowest BCUT2D eigenvalue weighted by atomic mass is 9.94. The Hall–Kier alpha value is -4.74. The normalized spacial score (nSPS) is 15.8. The maximum Gasteiger partial charge on any atom is 0.416 e. The highest BCUT2D eigenvalue weighted by Crippen LogP contribution is 2.34. The minimum Gasteiger partial charge on any atom is -0.369 e. The molecule has 4 aromatic rings. The predicted octanol–water partition coefficient (Wildman–Crippen LogP) is 4.54. The summed E-state index contributed by atoms with van der Waals surface area (Å²) >= 11 is 0. The first-order valence-corrected chi connectivity index (χ1v) is 12.1. The number of likely N-dealkylation sites (tertiary alicyclic amines) is 1. The molecule has 4 heterocycles. The Kier molecular flexibility index (Phi) is 6.77. The number of halogens is 3. The first-order chi connectivity index (χ1) is 18.7. The Morgan fingerprint density at radius 1 is 1.10 bits per heavy atom. The lowest BCUT2D eigenvalue weighted by Crippen LogP contribution is -2.38. The van der Waals surface area contributed by atoms with Gasteiger partial charge in [-0.1, -0.05) is 18.7 Å². The van der Waals surface area contributed by atoms with Gasteiger partial charge in [-0.2, -0.15) is 13.2 Å². The number of alkyl halides is 3. The number of imidazole rings is 1. The Balaban J connectivity index is 1.43. The monoisotopic (exact) mass is 535 g/mol. The van der Waals surface area contributed by atoms with Crippen LogP contribution < -0.4 is 11.1 Å². The highest BCUT2D eigenvalue weighted by molar-refractivity contribution is 6.04. The van der Waals surface area contributed by atoms with Crippen LogP contribution in [-0.2, 0) is 11.0 Å². The second-order valence-corrected chi connectivity index (χ2v) is 9.13. The number of nitrogens with one attached hydrogen (secondary N) is 1. The molecule has 0 bridgehead atoms. The number of amides is 2. The number of benzene rings is 1. The first kappa shape index (κ1) is 25.9. The molecular weight excluding hydrogens is 511 g/mol. The molecule has 1 aromatic carbocycles. The standard InChI is InChI=1S/C27H24F3N7O2/c1-2-22(38)36-13-3-4-18(15-36)23-20-10-12-33-26(31)37(20)24(35-23)16-5-7-17(8-6-16)25(39)34-21-14-19(9-11-32-21)27(28,29)30/h2,5-12,14,18H,1,3-4,13,15H2,(H2,31,33)(H,32,34,39). The Labute approximate surface area is 221 Å². The van der Waals surface area contributed by atoms with Crippen molar-refractivity contribution in [3.05, 3.63) is 84.3 Å². The third-order valence-electron chi connectivity index (χ3n) is 6.64. The first-order valence-electron chi connectivity index (χ1n) is 12.1. The third kappa shape index (κ3) is 5.17. The molecule has 1 saturated heterocycles. The van der Waals surface area contributed by atoms with Crippen LogP contribution in [0.1, 0.15) is 40.4 Å². The van der Waals surface area contributed by atoms with Crippen molar-refractivity contribution in [2.75, 3.05) is 24.1 Å². The van der Waals surface area contributed by atoms with E-state index in [4.69, 9.17) is 10.7 Å². The molecule has 12 heteroatoms. The fraction of sp³-hybridized carbons (Fsp3) is 0.222. The van der Waals surface area contributed by atoms with Gasteiger partial charge in [0.2, 0.25) is 11.9 Å². The van der Waals surface area contributed by atoms with Crippen LogP contribution in [0.15, 0.2) is 67.5 Å². The fourth-order valence-electron chi connectivity index (χ4n) is 4.74. The minimum absolute atomic E-state index is 0.0155. The molecule has 0 aliphatic carbocycles. The summed E-state index contributed by atoms with van der Waals surface area (Å²) < 4.78 is 40.7. The number of piperidine rings is 1. The molecule has 0 spiro atoms. The highest BCUT2D eigenvalue weighted by Gasteiger charge is 2.31. The third-order valence-corrected chi connectivity index (χ3v) is 6.64. The van der Waals surface area contributed by atoms with Gasteiger partial charge in [0.25, 0.3) is 5.91 Å². The summed E-state index contributed by atoms with van der Waals surface area (Å²) in [7, 11) is 0. The van der Waals surface area contributed by atoms with Crippen molar-refractivity contribution in [3.8, 4) is 11.4 Å². The van der Waals surface area contributed by atoms with Crippen molar-refractivity contribution in [1.82, 2.24) is 24.3 Å². The molecule has 2 amide bonds. The molecule has 200 valence electrons. The predicted molar refractivity (Wildman–Crippen MR) is 139 cm³/mol. The molecule has 1 fully saturated rings. The van der Waals surface area contributed by atoms with Crippen molar-refractivity contribution < 1.29 is 22.8 Å². The number of rotatable bonds is 5. The Bertz CT molecular complexity index is 1560. The number of carbonyl (C=O) groups is 2. The van der Waals surface area contributed by atoms with E-state index in [-0.39, 0.29) is 29.2 Å². The van der Waals surface area contributed by atoms with Gasteiger partial charge in [0.1, 0.15) is 11.6 Å². The molecule has 3 N–H and O–H groups in total. The van der Waals surface area contributed by atoms with Crippen LogP contribution in [0.3, 0.4) is 0 Å². The number of nitrogens with zero attached hydrogens (tertiary/aromatic N) is 5. The topological polar surface area (TPSA) is 119 Å². The average molecular weight is 536 g/mol. The Morgan fingerprint density at radius 3 is 2.56 bits per heavy atom. The average Bonchev–Trinajstić information content (AvgIpc) is 3.33. The number of nitrogen functional groups attached to an aromatic ring is 1. The van der Waals surface area contributed by atoms with Gasteiger partial charge in [0, 0.05) is 42.5 Å². The summed E-state index contributed by atoms with van der Waals surface area (Å²) in [6.07, 6.45) is 1.01. The summed E-state index contributed by atoms with van der Waals surface area (Å²) in [4.78, 5) is 39.6. The van der Waals surface area contributed by atoms with Crippen LogP contribution in [-0.4, -0.2) is 49.2 Å². The van der Waals surface area contributed by atoms with Gasteiger partial charge in [-0.05, 0) is 49.2 Å². The molecule has 1 atom stereocenters. The molecule has 1 unspecified atom stereocenters. The summed E-state index contributed by atoms with van der Waals surface area (Å²) in [5.74, 6) is -0.217. The van der Waals surface area contributed by atoms with Crippen molar-refractivity contribution in [1.29, 1.82) is 0 Å². The fourth-order valence-corrected chi connectivity index (χ4v) is 4.74. The number of anilines is 2. The molecule has 1 aliphatic rings. The largest absolute Gasteiger partial charge is 0.416 e. The second-order valence-electron chi connectivity index (χ2n) is 9.13. The van der Waals surface area contributed by atoms with Gasteiger partial charge < -0.3 is 16.0 Å². The van der Waals surface area contributed by atoms with Crippen molar-refractivity contribution >= 4 is 29.1 Å². The highest BCUT2D eigenvalue weighted by atomic mass is 19.4. The van der Waals surface area contributed by atoms with Gasteiger partial charge in [-0.25, -0.2) is 15.0 Å². The lowest BCUT2D eigenvalue weighted by molar-refractivity contribution is -0.137. The molecule has 1 aliphatic heterocycles. The molecular formula is C27H24F3N7O2. The van der Waals surface area contributed by atoms with Gasteiger partial charge in [-0.15, -0.1) is 0 Å². The maximum absolute atomic E-state index is 13.0. The van der Waals surface area contributed by atoms with Crippen molar-refractivity contribution in [2.24, 2.45) is 0 Å². The van der Waals surface area contributed by atoms with Crippen molar-refractivity contribution in [3.63, 3.8) is 0 Å². The minimum atomic E-state index is -4.55. The van der Waals surface area contributed by atoms with E-state index in [0.717, 1.165) is 42.4 Å². The summed E-state index contributed by atoms with van der Waals surface area (Å²) in [6, 6.07) is 9.85. The maximum atomic E-state index is 13.0. The molecule has 0 radical (unpaired) electrons. The lowest BCUT2D eigenvalue weighted by Gasteiger charge is -2.31. The van der Waals surface area contributed by atoms with Crippen LogP contribution >= 0.6 is 0 Å². The van der Waals surface area contributed by atoms with Gasteiger partial charge in [0.05, 0.1) is 16.8 Å². The number of nitrogens with two attached hydrogens (primary N) is 1. The van der Waals surface area contributed by atoms with Crippen LogP contribution in [0.2, 0.25) is 0 Å². The number of hydrogen-bond donors (Lipinski definition) is 2. The zero-order valence-electron chi connectivity index (χ0n) is 20.7. The van der Waals surface area contributed by atoms with E-state index in [0.29, 0.717) is 24.5 Å². The SMILES string of the molecule is C=CC(=O)N1CCCC(c2nc(-c3ccc(C(=O)Nc4cc(C(F)(F)F)ccn4)cc3)n3c(N)nccc23)C1. The number of aromatic nitrogens is 4. The van der Waals surface area contributed by atoms with Gasteiger partial charge >= 0.3 is 6.18 Å². The molecule has 3 aromatic heterocycles. The Morgan fingerprint density at radius 2 is 1.85 bits per heavy atom. The summed E-state index contributed by atoms with van der Waals surface area (Å²) in [5.41, 5.74) is 7.75. The smallest absolute Gasteiger partial charge is 0.369 e. The zero-order chi connectivity index (χ0) is 27.7. The van der Waals surface area contributed by atoms with Crippen LogP contribution in [0.25, 0.3) is 16.9 Å². The van der Waals surface area contributed by atoms with Crippen LogP contribution in [0, 0.1) is 0 Å². The van der Waals surface area contributed by atoms with E-state index in [2.05, 4.69) is 21.9 Å². The summed E-state index contributed by atoms with van der Waals surface area (Å²) in [5, 5.41) is 2.39. The molecule has 5 rings (SSSR count). The molecule has 39 heavy (non-hydrogen) atoms. The van der Waals surface area contributed by atoms with E-state index in [1.54, 1.807) is 27.6 Å². The molecule has 9 nitrogen and oxygen atoms in total. The van der Waals surface area contributed by atoms with Gasteiger partial charge in [0.15, 0.2) is 0 Å². The quantitative estimate of drug-likeness (QED) is 0.363. The van der Waals surface area contributed by atoms with E-state index < -0.39 is 17.6 Å². The van der Waals surface area contributed by atoms with Gasteiger partial charge in [-0.3, -0.25) is 14.0 Å². The van der Waals surface area contributed by atoms with E-state index in [1.165, 1.54) is 18.2 Å². The number of fused-ring (bicyclic) bond motifs is 1. The van der Waals surface area contributed by atoms with Crippen LogP contribution in [0.4, 0.5) is 24.9 Å². The van der Waals surface area contributed by atoms with Crippen molar-refractivity contribution in [2.45, 2.75) is 24.9 Å². The van der Waals surface area contributed by atoms with E-state index >= 15 is 0 Å². The van der Waals surface area contributed by atoms with E-state index in [9.17, 15) is 22.8 Å². The summed E-state index contributed by atoms with van der Waals surface area (Å²) in [6.45, 7) is 4.74. The number of hydrogen-bond acceptors (Lipinski definition) is 6. The van der Waals surface area contributed by atoms with Crippen LogP contribution in [0.5, 0.6) is 0 Å². The van der Waals surface area contributed by atoms with E-state index in [1.807, 2.05) is 6.07 Å². The second kappa shape index (κ2) is 10.2. The zero-order valence-corrected chi connectivity index (χ0v) is 20.7. The number of pyridine rings is 1. The molecule has 0 saturated carbocycles.